The van der Waals surface area contributed by atoms with E-state index in [0.717, 1.165) is 13.8 Å². The van der Waals surface area contributed by atoms with Gasteiger partial charge in [0.05, 0.1) is 24.1 Å². The van der Waals surface area contributed by atoms with Gasteiger partial charge in [-0.1, -0.05) is 13.8 Å². The minimum atomic E-state index is -1.44. The van der Waals surface area contributed by atoms with Gasteiger partial charge in [0.1, 0.15) is 6.04 Å². The topological polar surface area (TPSA) is 184 Å². The van der Waals surface area contributed by atoms with Crippen LogP contribution in [0.4, 0.5) is 0 Å². The number of carboxylic acid groups (broad SMARTS) is 3. The maximum atomic E-state index is 10.1. The summed E-state index contributed by atoms with van der Waals surface area (Å²) in [4.78, 5) is 28.8. The summed E-state index contributed by atoms with van der Waals surface area (Å²) in [5.41, 5.74) is 5.22. The van der Waals surface area contributed by atoms with E-state index < -0.39 is 36.2 Å². The molecule has 0 aromatic carbocycles. The largest absolute Gasteiger partial charge is 2.00 e. The smallest absolute Gasteiger partial charge is 0.547 e. The summed E-state index contributed by atoms with van der Waals surface area (Å²) in [6.07, 6.45) is -2.13. The van der Waals surface area contributed by atoms with E-state index in [0.29, 0.717) is 12.3 Å². The first kappa shape index (κ1) is 29.5. The quantitative estimate of drug-likeness (QED) is 0.362. The van der Waals surface area contributed by atoms with Gasteiger partial charge >= 0.3 is 43.7 Å². The number of hydrogen-bond acceptors (Lipinski definition) is 8. The summed E-state index contributed by atoms with van der Waals surface area (Å²) in [5, 5.41) is 42.9. The molecule has 0 aromatic rings. The van der Waals surface area contributed by atoms with Crippen molar-refractivity contribution in [3.63, 3.8) is 0 Å². The molecule has 5 N–H and O–H groups in total. The standard InChI is InChI=1S/C6H13NO2.2C3H6O3.Ca/c1-4(2)3-5(7)6(8)9;2*1-2(4)3(5)6;/h4-5H,3,7H2,1-2H3,(H,8,9);2*2,4H,1H3,(H,5,6);/q;;;+2/p-2/t5-;;;/m0.../s1. The number of carbonyl (C=O) groups excluding carboxylic acids is 2. The molecule has 0 rings (SSSR count). The number of carboxylic acids is 3. The molecule has 3 atom stereocenters. The predicted octanol–water partition coefficient (Wildman–Crippen LogP) is -3.70. The van der Waals surface area contributed by atoms with Crippen LogP contribution in [0, 0.1) is 5.92 Å². The molecular formula is C12H23CaNO8. The second-order valence-corrected chi connectivity index (χ2v) is 4.56. The van der Waals surface area contributed by atoms with Crippen LogP contribution in [0.1, 0.15) is 34.1 Å². The minimum absolute atomic E-state index is 0. The van der Waals surface area contributed by atoms with E-state index in [2.05, 4.69) is 0 Å². The molecule has 0 saturated carbocycles. The molecule has 2 unspecified atom stereocenters. The molecule has 0 fully saturated rings. The van der Waals surface area contributed by atoms with E-state index >= 15 is 0 Å². The Morgan fingerprint density at radius 1 is 0.955 bits per heavy atom. The fraction of sp³-hybridized carbons (Fsp3) is 0.750. The molecule has 9 nitrogen and oxygen atoms in total. The van der Waals surface area contributed by atoms with Gasteiger partial charge in [0.25, 0.3) is 0 Å². The number of carbonyl (C=O) groups is 3. The van der Waals surface area contributed by atoms with Crippen molar-refractivity contribution in [3.8, 4) is 0 Å². The Labute approximate surface area is 159 Å². The Morgan fingerprint density at radius 3 is 1.23 bits per heavy atom. The molecule has 22 heavy (non-hydrogen) atoms. The zero-order valence-electron chi connectivity index (χ0n) is 13.2. The van der Waals surface area contributed by atoms with Crippen LogP contribution in [0.3, 0.4) is 0 Å². The normalized spacial score (nSPS) is 13.1. The van der Waals surface area contributed by atoms with Gasteiger partial charge in [-0.25, -0.2) is 0 Å². The number of rotatable bonds is 5. The van der Waals surface area contributed by atoms with Crippen LogP contribution in [0.25, 0.3) is 0 Å². The first-order valence-corrected chi connectivity index (χ1v) is 6.09. The molecule has 0 amide bonds. The van der Waals surface area contributed by atoms with E-state index in [1.54, 1.807) is 0 Å². The zero-order valence-corrected chi connectivity index (χ0v) is 15.4. The average Bonchev–Trinajstić information content (AvgIpc) is 2.29. The molecule has 0 radical (unpaired) electrons. The van der Waals surface area contributed by atoms with Gasteiger partial charge in [-0.3, -0.25) is 4.79 Å². The van der Waals surface area contributed by atoms with Crippen molar-refractivity contribution in [2.24, 2.45) is 11.7 Å². The summed E-state index contributed by atoms with van der Waals surface area (Å²) in [6, 6.07) is -0.690. The number of aliphatic hydroxyl groups excluding tert-OH is 2. The van der Waals surface area contributed by atoms with Crippen molar-refractivity contribution in [2.45, 2.75) is 52.4 Å². The van der Waals surface area contributed by atoms with Crippen molar-refractivity contribution in [1.82, 2.24) is 0 Å². The van der Waals surface area contributed by atoms with E-state index in [4.69, 9.17) is 21.1 Å². The van der Waals surface area contributed by atoms with E-state index in [1.165, 1.54) is 0 Å². The van der Waals surface area contributed by atoms with Gasteiger partial charge in [-0.15, -0.1) is 0 Å². The third-order valence-corrected chi connectivity index (χ3v) is 1.72. The van der Waals surface area contributed by atoms with E-state index in [1.807, 2.05) is 13.8 Å². The van der Waals surface area contributed by atoms with Gasteiger partial charge in [-0.2, -0.15) is 0 Å². The molecule has 10 heteroatoms. The van der Waals surface area contributed by atoms with Crippen LogP contribution in [0.5, 0.6) is 0 Å². The molecule has 0 spiro atoms. The number of aliphatic hydroxyl groups is 2. The molecule has 0 aromatic heterocycles. The first-order chi connectivity index (χ1) is 9.32. The van der Waals surface area contributed by atoms with Crippen molar-refractivity contribution in [2.75, 3.05) is 0 Å². The minimum Gasteiger partial charge on any atom is -0.547 e. The molecule has 0 saturated heterocycles. The third kappa shape index (κ3) is 27.8. The number of aliphatic carboxylic acids is 3. The van der Waals surface area contributed by atoms with E-state index in [-0.39, 0.29) is 37.7 Å². The molecule has 0 aliphatic rings. The fourth-order valence-corrected chi connectivity index (χ4v) is 0.609. The summed E-state index contributed by atoms with van der Waals surface area (Å²) in [5.74, 6) is -3.43. The van der Waals surface area contributed by atoms with Gasteiger partial charge in [0.2, 0.25) is 0 Å². The van der Waals surface area contributed by atoms with Crippen molar-refractivity contribution >= 4 is 55.6 Å². The Morgan fingerprint density at radius 2 is 1.18 bits per heavy atom. The predicted molar refractivity (Wildman–Crippen MR) is 74.2 cm³/mol. The summed E-state index contributed by atoms with van der Waals surface area (Å²) < 4.78 is 0. The van der Waals surface area contributed by atoms with Crippen LogP contribution in [-0.4, -0.2) is 89.2 Å². The second-order valence-electron chi connectivity index (χ2n) is 4.56. The summed E-state index contributed by atoms with van der Waals surface area (Å²) in [6.45, 7) is 6.16. The Bertz CT molecular complexity index is 302. The Hall–Kier alpha value is -0.450. The molecule has 0 bridgehead atoms. The molecule has 0 aliphatic heterocycles. The maximum absolute atomic E-state index is 10.1. The number of nitrogens with two attached hydrogens (primary N) is 1. The maximum Gasteiger partial charge on any atom is 2.00 e. The fourth-order valence-electron chi connectivity index (χ4n) is 0.609. The SMILES string of the molecule is CC(C)C[C@H](N)C(=O)O.CC(O)C(=O)[O-].CC(O)C(=O)[O-].[Ca+2]. The molecule has 0 heterocycles. The molecule has 0 aliphatic carbocycles. The van der Waals surface area contributed by atoms with E-state index in [9.17, 15) is 24.6 Å². The molecule has 126 valence electrons. The van der Waals surface area contributed by atoms with Gasteiger partial charge in [0, 0.05) is 0 Å². The Kier molecular flexibility index (Phi) is 22.7. The van der Waals surface area contributed by atoms with Gasteiger partial charge in [-0.05, 0) is 26.2 Å². The summed E-state index contributed by atoms with van der Waals surface area (Å²) in [7, 11) is 0. The van der Waals surface area contributed by atoms with Crippen LogP contribution in [-0.2, 0) is 14.4 Å². The monoisotopic (exact) mass is 349 g/mol. The van der Waals surface area contributed by atoms with Crippen LogP contribution in [0.15, 0.2) is 0 Å². The molecular weight excluding hydrogens is 326 g/mol. The van der Waals surface area contributed by atoms with Crippen LogP contribution < -0.4 is 15.9 Å². The van der Waals surface area contributed by atoms with Crippen molar-refractivity contribution in [3.05, 3.63) is 0 Å². The van der Waals surface area contributed by atoms with Gasteiger partial charge in [0.15, 0.2) is 0 Å². The van der Waals surface area contributed by atoms with Crippen molar-refractivity contribution < 1.29 is 39.9 Å². The summed E-state index contributed by atoms with van der Waals surface area (Å²) >= 11 is 0. The zero-order chi connectivity index (χ0) is 17.7. The van der Waals surface area contributed by atoms with Gasteiger partial charge < -0.3 is 40.9 Å². The second kappa shape index (κ2) is 16.9. The van der Waals surface area contributed by atoms with Crippen LogP contribution in [0.2, 0.25) is 0 Å². The third-order valence-electron chi connectivity index (χ3n) is 1.72. The van der Waals surface area contributed by atoms with Crippen molar-refractivity contribution in [1.29, 1.82) is 0 Å². The number of hydrogen-bond donors (Lipinski definition) is 4. The average molecular weight is 349 g/mol. The van der Waals surface area contributed by atoms with Crippen LogP contribution >= 0.6 is 0 Å². The first-order valence-electron chi connectivity index (χ1n) is 6.09. The Balaban J connectivity index is -0.000000112.